The van der Waals surface area contributed by atoms with Crippen molar-refractivity contribution in [2.24, 2.45) is 0 Å². The second-order valence-electron chi connectivity index (χ2n) is 7.85. The van der Waals surface area contributed by atoms with E-state index in [4.69, 9.17) is 21.7 Å². The van der Waals surface area contributed by atoms with Crippen molar-refractivity contribution in [2.75, 3.05) is 19.1 Å². The third kappa shape index (κ3) is 3.82. The van der Waals surface area contributed by atoms with Crippen LogP contribution in [0, 0.1) is 0 Å². The second kappa shape index (κ2) is 9.07. The highest BCUT2D eigenvalue weighted by molar-refractivity contribution is 7.80. The maximum Gasteiger partial charge on any atom is 0.174 e. The van der Waals surface area contributed by atoms with E-state index in [1.54, 1.807) is 32.5 Å². The number of rotatable bonds is 6. The lowest BCUT2D eigenvalue weighted by molar-refractivity contribution is 0.402. The normalized spacial score (nSPS) is 17.5. The standard InChI is InChI=1S/C26H24N4O3S/c1-32-19-12-13-23(33-2)22(16-19)30-25(24(28-26(30)34)20-6-3-4-14-27-20)21-7-5-15-29(21)17-8-10-18(31)11-9-17/h3-16,24-25,31H,1-2H3,(H,28,34)/t24-,25+/m1/s1. The highest BCUT2D eigenvalue weighted by atomic mass is 32.1. The number of aromatic nitrogens is 2. The van der Waals surface area contributed by atoms with Crippen molar-refractivity contribution in [2.45, 2.75) is 12.1 Å². The number of anilines is 1. The van der Waals surface area contributed by atoms with Gasteiger partial charge in [0.2, 0.25) is 0 Å². The summed E-state index contributed by atoms with van der Waals surface area (Å²) in [6.07, 6.45) is 3.78. The molecule has 34 heavy (non-hydrogen) atoms. The molecule has 1 fully saturated rings. The van der Waals surface area contributed by atoms with Gasteiger partial charge in [0.15, 0.2) is 5.11 Å². The Morgan fingerprint density at radius 3 is 2.50 bits per heavy atom. The maximum atomic E-state index is 9.78. The molecule has 0 spiro atoms. The summed E-state index contributed by atoms with van der Waals surface area (Å²) in [6.45, 7) is 0. The molecule has 0 saturated carbocycles. The first-order valence-electron chi connectivity index (χ1n) is 10.8. The Hall–Kier alpha value is -4.04. The number of hydrogen-bond acceptors (Lipinski definition) is 5. The highest BCUT2D eigenvalue weighted by Crippen LogP contribution is 2.46. The molecule has 0 aliphatic carbocycles. The monoisotopic (exact) mass is 472 g/mol. The van der Waals surface area contributed by atoms with Crippen LogP contribution in [0.1, 0.15) is 23.5 Å². The second-order valence-corrected chi connectivity index (χ2v) is 8.24. The summed E-state index contributed by atoms with van der Waals surface area (Å²) in [4.78, 5) is 6.68. The topological polar surface area (TPSA) is 71.8 Å². The van der Waals surface area contributed by atoms with Crippen molar-refractivity contribution in [3.63, 3.8) is 0 Å². The Morgan fingerprint density at radius 1 is 0.971 bits per heavy atom. The number of thiocarbonyl (C=S) groups is 1. The van der Waals surface area contributed by atoms with E-state index in [2.05, 4.69) is 25.8 Å². The first kappa shape index (κ1) is 21.8. The average molecular weight is 473 g/mol. The molecular weight excluding hydrogens is 448 g/mol. The summed E-state index contributed by atoms with van der Waals surface area (Å²) in [5.74, 6) is 1.60. The number of hydrogen-bond donors (Lipinski definition) is 2. The van der Waals surface area contributed by atoms with Crippen molar-refractivity contribution in [1.82, 2.24) is 14.9 Å². The van der Waals surface area contributed by atoms with Crippen molar-refractivity contribution in [3.05, 3.63) is 96.6 Å². The van der Waals surface area contributed by atoms with Gasteiger partial charge >= 0.3 is 0 Å². The molecule has 2 atom stereocenters. The average Bonchev–Trinajstić information content (AvgIpc) is 3.49. The zero-order valence-corrected chi connectivity index (χ0v) is 19.6. The molecule has 2 aromatic heterocycles. The summed E-state index contributed by atoms with van der Waals surface area (Å²) in [5, 5.41) is 13.8. The van der Waals surface area contributed by atoms with Crippen LogP contribution in [0.2, 0.25) is 0 Å². The molecule has 2 N–H and O–H groups in total. The molecule has 1 aliphatic rings. The number of methoxy groups -OCH3 is 2. The third-order valence-electron chi connectivity index (χ3n) is 5.95. The third-order valence-corrected chi connectivity index (χ3v) is 6.27. The lowest BCUT2D eigenvalue weighted by atomic mass is 10.0. The predicted molar refractivity (Wildman–Crippen MR) is 135 cm³/mol. The van der Waals surface area contributed by atoms with Gasteiger partial charge in [0.1, 0.15) is 23.3 Å². The van der Waals surface area contributed by atoms with Crippen LogP contribution < -0.4 is 19.7 Å². The van der Waals surface area contributed by atoms with Crippen LogP contribution in [0.5, 0.6) is 17.2 Å². The fourth-order valence-corrected chi connectivity index (χ4v) is 4.72. The smallest absolute Gasteiger partial charge is 0.174 e. The van der Waals surface area contributed by atoms with E-state index in [1.165, 1.54) is 0 Å². The van der Waals surface area contributed by atoms with E-state index in [0.29, 0.717) is 16.6 Å². The van der Waals surface area contributed by atoms with Gasteiger partial charge in [-0.15, -0.1) is 0 Å². The number of phenols is 1. The van der Waals surface area contributed by atoms with Crippen molar-refractivity contribution in [1.29, 1.82) is 0 Å². The van der Waals surface area contributed by atoms with Gasteiger partial charge in [-0.25, -0.2) is 0 Å². The summed E-state index contributed by atoms with van der Waals surface area (Å²) < 4.78 is 13.3. The zero-order valence-electron chi connectivity index (χ0n) is 18.8. The molecule has 0 amide bonds. The van der Waals surface area contributed by atoms with Gasteiger partial charge in [-0.2, -0.15) is 0 Å². The summed E-state index contributed by atoms with van der Waals surface area (Å²) in [5.41, 5.74) is 3.59. The Labute approximate surface area is 203 Å². The van der Waals surface area contributed by atoms with Gasteiger partial charge in [-0.1, -0.05) is 6.07 Å². The van der Waals surface area contributed by atoms with Gasteiger partial charge in [-0.05, 0) is 72.9 Å². The van der Waals surface area contributed by atoms with Crippen LogP contribution >= 0.6 is 12.2 Å². The van der Waals surface area contributed by atoms with Crippen molar-refractivity contribution in [3.8, 4) is 22.9 Å². The Bertz CT molecular complexity index is 1310. The van der Waals surface area contributed by atoms with E-state index in [1.807, 2.05) is 60.8 Å². The molecular formula is C26H24N4O3S. The van der Waals surface area contributed by atoms with Gasteiger partial charge < -0.3 is 29.4 Å². The van der Waals surface area contributed by atoms with Crippen molar-refractivity contribution < 1.29 is 14.6 Å². The van der Waals surface area contributed by atoms with Crippen LogP contribution in [0.15, 0.2) is 85.2 Å². The number of phenolic OH excluding ortho intramolecular Hbond substituents is 1. The van der Waals surface area contributed by atoms with Crippen LogP contribution in [-0.4, -0.2) is 34.0 Å². The molecule has 5 rings (SSSR count). The first-order valence-corrected chi connectivity index (χ1v) is 11.2. The van der Waals surface area contributed by atoms with Gasteiger partial charge in [-0.3, -0.25) is 4.98 Å². The fraction of sp³-hybridized carbons (Fsp3) is 0.154. The minimum atomic E-state index is -0.243. The SMILES string of the molecule is COc1ccc(OC)c(N2C(=S)N[C@H](c3ccccn3)[C@@H]2c2cccn2-c2ccc(O)cc2)c1. The summed E-state index contributed by atoms with van der Waals surface area (Å²) >= 11 is 5.86. The van der Waals surface area contributed by atoms with E-state index in [9.17, 15) is 5.11 Å². The van der Waals surface area contributed by atoms with Crippen LogP contribution in [0.4, 0.5) is 5.69 Å². The molecule has 0 radical (unpaired) electrons. The number of ether oxygens (including phenoxy) is 2. The fourth-order valence-electron chi connectivity index (χ4n) is 4.38. The van der Waals surface area contributed by atoms with Crippen LogP contribution in [-0.2, 0) is 0 Å². The number of benzene rings is 2. The molecule has 8 heteroatoms. The van der Waals surface area contributed by atoms with Gasteiger partial charge in [0.05, 0.1) is 31.6 Å². The lowest BCUT2D eigenvalue weighted by Gasteiger charge is -2.30. The minimum absolute atomic E-state index is 0.213. The quantitative estimate of drug-likeness (QED) is 0.392. The minimum Gasteiger partial charge on any atom is -0.508 e. The van der Waals surface area contributed by atoms with Gasteiger partial charge in [0, 0.05) is 29.8 Å². The molecule has 2 aromatic carbocycles. The number of nitrogens with zero attached hydrogens (tertiary/aromatic N) is 3. The molecule has 7 nitrogen and oxygen atoms in total. The molecule has 1 saturated heterocycles. The number of aromatic hydroxyl groups is 1. The number of pyridine rings is 1. The molecule has 3 heterocycles. The Balaban J connectivity index is 1.70. The lowest BCUT2D eigenvalue weighted by Crippen LogP contribution is -2.30. The molecule has 4 aromatic rings. The largest absolute Gasteiger partial charge is 0.508 e. The highest BCUT2D eigenvalue weighted by Gasteiger charge is 2.43. The maximum absolute atomic E-state index is 9.78. The predicted octanol–water partition coefficient (Wildman–Crippen LogP) is 4.77. The van der Waals surface area contributed by atoms with Crippen molar-refractivity contribution >= 4 is 23.0 Å². The summed E-state index contributed by atoms with van der Waals surface area (Å²) in [7, 11) is 3.28. The molecule has 1 aliphatic heterocycles. The van der Waals surface area contributed by atoms with Crippen LogP contribution in [0.25, 0.3) is 5.69 Å². The molecule has 172 valence electrons. The molecule has 0 unspecified atom stereocenters. The Morgan fingerprint density at radius 2 is 1.79 bits per heavy atom. The number of nitrogens with one attached hydrogen (secondary N) is 1. The van der Waals surface area contributed by atoms with Gasteiger partial charge in [0.25, 0.3) is 0 Å². The Kier molecular flexibility index (Phi) is 5.81. The summed E-state index contributed by atoms with van der Waals surface area (Å²) in [6, 6.07) is 22.3. The van der Waals surface area contributed by atoms with Crippen LogP contribution in [0.3, 0.4) is 0 Å². The van der Waals surface area contributed by atoms with E-state index < -0.39 is 0 Å². The zero-order chi connectivity index (χ0) is 23.7. The van der Waals surface area contributed by atoms with E-state index >= 15 is 0 Å². The van der Waals surface area contributed by atoms with E-state index in [-0.39, 0.29) is 17.8 Å². The molecule has 0 bridgehead atoms. The first-order chi connectivity index (χ1) is 16.6. The van der Waals surface area contributed by atoms with E-state index in [0.717, 1.165) is 22.8 Å².